The number of hydrogen-bond donors (Lipinski definition) is 2. The molecule has 0 radical (unpaired) electrons. The van der Waals surface area contributed by atoms with Crippen molar-refractivity contribution < 1.29 is 33.3 Å². The van der Waals surface area contributed by atoms with Crippen LogP contribution < -0.4 is 19.6 Å². The number of carboxylic acid groups (broad SMARTS) is 1. The number of amides is 1. The number of nitrogens with one attached hydrogen (secondary N) is 1. The van der Waals surface area contributed by atoms with E-state index in [0.29, 0.717) is 26.0 Å². The predicted molar refractivity (Wildman–Crippen MR) is 155 cm³/mol. The van der Waals surface area contributed by atoms with Gasteiger partial charge < -0.3 is 28.3 Å². The molecule has 4 rings (SSSR count). The fourth-order valence-electron chi connectivity index (χ4n) is 3.83. The fourth-order valence-corrected chi connectivity index (χ4v) is 4.77. The van der Waals surface area contributed by atoms with E-state index in [4.69, 9.17) is 23.7 Å². The monoisotopic (exact) mass is 673 g/mol. The Labute approximate surface area is 246 Å². The highest BCUT2D eigenvalue weighted by atomic mass is 79.9. The molecule has 1 amide bonds. The Balaban J connectivity index is 1.35. The second-order valence-electron chi connectivity index (χ2n) is 8.51. The number of carbonyl (C=O) groups excluding carboxylic acids is 1. The van der Waals surface area contributed by atoms with Crippen LogP contribution in [-0.4, -0.2) is 41.5 Å². The minimum absolute atomic E-state index is 0.0694. The van der Waals surface area contributed by atoms with E-state index in [1.165, 1.54) is 19.4 Å². The number of rotatable bonds is 11. The third kappa shape index (κ3) is 6.75. The summed E-state index contributed by atoms with van der Waals surface area (Å²) in [5.41, 5.74) is 6.29. The van der Waals surface area contributed by atoms with E-state index in [2.05, 4.69) is 72.9 Å². The van der Waals surface area contributed by atoms with Crippen molar-refractivity contribution in [3.8, 4) is 22.9 Å². The minimum atomic E-state index is -1.13. The molecule has 0 bridgehead atoms. The normalized spacial score (nSPS) is 11.0. The summed E-state index contributed by atoms with van der Waals surface area (Å²) in [5.74, 6) is 0.0365. The standard InChI is InChI=1S/C28H25Br2N3O7/c1-16-4-5-17(2)33(16)19-6-8-20(9-7-19)38-14-21-10-11-22(40-21)28(36)32-31-13-18-12-23(37-3)27(26(30)25(18)29)39-15-24(34)35/h4-13H,14-15H2,1-3H3,(H,32,36)(H,34,35)/b31-13+. The Kier molecular flexibility index (Phi) is 9.33. The molecular weight excluding hydrogens is 650 g/mol. The Morgan fingerprint density at radius 3 is 2.38 bits per heavy atom. The number of aryl methyl sites for hydroxylation is 2. The number of aromatic nitrogens is 1. The van der Waals surface area contributed by atoms with Gasteiger partial charge in [-0.3, -0.25) is 4.79 Å². The maximum Gasteiger partial charge on any atom is 0.341 e. The van der Waals surface area contributed by atoms with Crippen LogP contribution in [0.1, 0.15) is 33.3 Å². The average Bonchev–Trinajstić information content (AvgIpc) is 3.55. The number of nitrogens with zero attached hydrogens (tertiary/aromatic N) is 2. The van der Waals surface area contributed by atoms with Crippen LogP contribution in [0, 0.1) is 13.8 Å². The first kappa shape index (κ1) is 29.0. The lowest BCUT2D eigenvalue weighted by Crippen LogP contribution is -2.17. The molecule has 0 saturated carbocycles. The number of carboxylic acids is 1. The molecular formula is C28H25Br2N3O7. The maximum atomic E-state index is 12.5. The van der Waals surface area contributed by atoms with Gasteiger partial charge in [-0.05, 0) is 100 Å². The molecule has 2 heterocycles. The number of hydrogen-bond acceptors (Lipinski definition) is 7. The van der Waals surface area contributed by atoms with Crippen molar-refractivity contribution in [2.24, 2.45) is 5.10 Å². The average molecular weight is 675 g/mol. The zero-order valence-corrected chi connectivity index (χ0v) is 24.9. The number of aliphatic carboxylic acids is 1. The highest BCUT2D eigenvalue weighted by Gasteiger charge is 2.18. The van der Waals surface area contributed by atoms with Crippen molar-refractivity contribution in [2.75, 3.05) is 13.7 Å². The number of benzene rings is 2. The molecule has 0 atom stereocenters. The molecule has 40 heavy (non-hydrogen) atoms. The van der Waals surface area contributed by atoms with E-state index < -0.39 is 18.5 Å². The molecule has 0 aliphatic heterocycles. The van der Waals surface area contributed by atoms with Gasteiger partial charge >= 0.3 is 11.9 Å². The van der Waals surface area contributed by atoms with Gasteiger partial charge in [-0.2, -0.15) is 5.10 Å². The molecule has 208 valence electrons. The number of carbonyl (C=O) groups is 2. The quantitative estimate of drug-likeness (QED) is 0.147. The smallest absolute Gasteiger partial charge is 0.341 e. The van der Waals surface area contributed by atoms with Crippen molar-refractivity contribution in [3.05, 3.63) is 92.0 Å². The van der Waals surface area contributed by atoms with Crippen molar-refractivity contribution in [3.63, 3.8) is 0 Å². The first-order valence-electron chi connectivity index (χ1n) is 11.9. The largest absolute Gasteiger partial charge is 0.493 e. The van der Waals surface area contributed by atoms with Crippen molar-refractivity contribution in [1.82, 2.24) is 9.99 Å². The number of halogens is 2. The molecule has 0 aliphatic carbocycles. The highest BCUT2D eigenvalue weighted by molar-refractivity contribution is 9.13. The van der Waals surface area contributed by atoms with Crippen LogP contribution in [0.25, 0.3) is 5.69 Å². The van der Waals surface area contributed by atoms with Gasteiger partial charge in [0, 0.05) is 27.1 Å². The van der Waals surface area contributed by atoms with Crippen LogP contribution in [0.15, 0.2) is 73.1 Å². The summed E-state index contributed by atoms with van der Waals surface area (Å²) in [6.45, 7) is 3.72. The van der Waals surface area contributed by atoms with Crippen LogP contribution >= 0.6 is 31.9 Å². The van der Waals surface area contributed by atoms with Crippen molar-refractivity contribution in [2.45, 2.75) is 20.5 Å². The predicted octanol–water partition coefficient (Wildman–Crippen LogP) is 6.03. The molecule has 0 aliphatic rings. The summed E-state index contributed by atoms with van der Waals surface area (Å²) in [5, 5.41) is 12.9. The van der Waals surface area contributed by atoms with Crippen molar-refractivity contribution >= 4 is 50.0 Å². The SMILES string of the molecule is COc1cc(/C=N/NC(=O)c2ccc(COc3ccc(-n4c(C)ccc4C)cc3)o2)c(Br)c(Br)c1OCC(=O)O. The van der Waals surface area contributed by atoms with E-state index in [9.17, 15) is 9.59 Å². The zero-order valence-electron chi connectivity index (χ0n) is 21.7. The van der Waals surface area contributed by atoms with E-state index >= 15 is 0 Å². The van der Waals surface area contributed by atoms with Gasteiger partial charge in [0.15, 0.2) is 23.9 Å². The van der Waals surface area contributed by atoms with Gasteiger partial charge in [-0.1, -0.05) is 0 Å². The minimum Gasteiger partial charge on any atom is -0.493 e. The van der Waals surface area contributed by atoms with Gasteiger partial charge in [0.2, 0.25) is 0 Å². The number of ether oxygens (including phenoxy) is 3. The molecule has 2 N–H and O–H groups in total. The third-order valence-electron chi connectivity index (χ3n) is 5.72. The summed E-state index contributed by atoms with van der Waals surface area (Å²) < 4.78 is 25.1. The number of furan rings is 1. The van der Waals surface area contributed by atoms with E-state index in [1.807, 2.05) is 24.3 Å². The first-order chi connectivity index (χ1) is 19.2. The fraction of sp³-hybridized carbons (Fsp3) is 0.179. The van der Waals surface area contributed by atoms with Crippen molar-refractivity contribution in [1.29, 1.82) is 0 Å². The number of methoxy groups -OCH3 is 1. The zero-order chi connectivity index (χ0) is 28.8. The van der Waals surface area contributed by atoms with Gasteiger partial charge in [0.1, 0.15) is 18.1 Å². The molecule has 2 aromatic carbocycles. The lowest BCUT2D eigenvalue weighted by molar-refractivity contribution is -0.139. The van der Waals surface area contributed by atoms with E-state index in [1.54, 1.807) is 12.1 Å². The molecule has 0 fully saturated rings. The molecule has 0 unspecified atom stereocenters. The van der Waals surface area contributed by atoms with Gasteiger partial charge in [0.05, 0.1) is 17.8 Å². The van der Waals surface area contributed by atoms with Gasteiger partial charge in [0.25, 0.3) is 0 Å². The Bertz CT molecular complexity index is 1540. The summed E-state index contributed by atoms with van der Waals surface area (Å²) in [6, 6.07) is 16.7. The van der Waals surface area contributed by atoms with Gasteiger partial charge in [-0.25, -0.2) is 10.2 Å². The number of hydrazone groups is 1. The Morgan fingerprint density at radius 2 is 1.73 bits per heavy atom. The van der Waals surface area contributed by atoms with Crippen LogP contribution in [0.4, 0.5) is 0 Å². The highest BCUT2D eigenvalue weighted by Crippen LogP contribution is 2.42. The molecule has 0 saturated heterocycles. The summed E-state index contributed by atoms with van der Waals surface area (Å²) in [4.78, 5) is 23.4. The Morgan fingerprint density at radius 1 is 1.02 bits per heavy atom. The second-order valence-corrected chi connectivity index (χ2v) is 10.1. The van der Waals surface area contributed by atoms with Crippen LogP contribution in [0.5, 0.6) is 17.2 Å². The summed E-state index contributed by atoms with van der Waals surface area (Å²) >= 11 is 6.77. The van der Waals surface area contributed by atoms with E-state index in [0.717, 1.165) is 17.1 Å². The molecule has 4 aromatic rings. The molecule has 0 spiro atoms. The lowest BCUT2D eigenvalue weighted by atomic mass is 10.2. The van der Waals surface area contributed by atoms with E-state index in [-0.39, 0.29) is 23.9 Å². The topological polar surface area (TPSA) is 125 Å². The van der Waals surface area contributed by atoms with Crippen LogP contribution in [0.3, 0.4) is 0 Å². The van der Waals surface area contributed by atoms with Gasteiger partial charge in [-0.15, -0.1) is 0 Å². The molecule has 12 heteroatoms. The summed E-state index contributed by atoms with van der Waals surface area (Å²) in [7, 11) is 1.42. The first-order valence-corrected chi connectivity index (χ1v) is 13.5. The molecule has 2 aromatic heterocycles. The molecule has 10 nitrogen and oxygen atoms in total. The maximum absolute atomic E-state index is 12.5. The Hall–Kier alpha value is -4.03. The summed E-state index contributed by atoms with van der Waals surface area (Å²) in [6.07, 6.45) is 1.39. The second kappa shape index (κ2) is 12.9. The third-order valence-corrected chi connectivity index (χ3v) is 7.86. The lowest BCUT2D eigenvalue weighted by Gasteiger charge is -2.14. The van der Waals surface area contributed by atoms with Crippen LogP contribution in [-0.2, 0) is 11.4 Å². The van der Waals surface area contributed by atoms with Crippen LogP contribution in [0.2, 0.25) is 0 Å².